The smallest absolute Gasteiger partial charge is 0.292 e. The second-order valence-electron chi connectivity index (χ2n) is 7.06. The molecule has 0 saturated carbocycles. The van der Waals surface area contributed by atoms with E-state index < -0.39 is 0 Å². The minimum absolute atomic E-state index is 0.156. The van der Waals surface area contributed by atoms with Gasteiger partial charge in [-0.05, 0) is 50.7 Å². The molecule has 1 aromatic heterocycles. The highest BCUT2D eigenvalue weighted by atomic mass is 16.1. The largest absolute Gasteiger partial charge is 0.329 e. The third-order valence-corrected chi connectivity index (χ3v) is 5.01. The molecule has 3 heteroatoms. The summed E-state index contributed by atoms with van der Waals surface area (Å²) in [4.78, 5) is 12.9. The van der Waals surface area contributed by atoms with Gasteiger partial charge in [0.2, 0.25) is 0 Å². The minimum atomic E-state index is 0.156. The highest BCUT2D eigenvalue weighted by Crippen LogP contribution is 2.15. The van der Waals surface area contributed by atoms with Crippen LogP contribution in [0.1, 0.15) is 64.2 Å². The summed E-state index contributed by atoms with van der Waals surface area (Å²) < 4.78 is 3.95. The second-order valence-corrected chi connectivity index (χ2v) is 7.06. The SMILES string of the molecule is C=CCCCCCCn1c(=O)n(CCCCCCC=C)c2ccccc21. The number of nitrogens with zero attached hydrogens (tertiary/aromatic N) is 2. The number of hydrogen-bond donors (Lipinski definition) is 0. The number of benzene rings is 1. The average Bonchev–Trinajstić information content (AvgIpc) is 2.93. The maximum Gasteiger partial charge on any atom is 0.329 e. The van der Waals surface area contributed by atoms with E-state index >= 15 is 0 Å². The number of fused-ring (bicyclic) bond motifs is 1. The molecule has 0 aliphatic carbocycles. The van der Waals surface area contributed by atoms with Crippen molar-refractivity contribution in [3.05, 3.63) is 60.1 Å². The van der Waals surface area contributed by atoms with Gasteiger partial charge in [0.15, 0.2) is 0 Å². The first-order valence-electron chi connectivity index (χ1n) is 10.2. The summed E-state index contributed by atoms with van der Waals surface area (Å²) >= 11 is 0. The first-order chi connectivity index (χ1) is 12.8. The molecule has 1 heterocycles. The van der Waals surface area contributed by atoms with Crippen molar-refractivity contribution >= 4 is 11.0 Å². The maximum atomic E-state index is 12.9. The van der Waals surface area contributed by atoms with Crippen molar-refractivity contribution < 1.29 is 0 Å². The number of rotatable bonds is 14. The van der Waals surface area contributed by atoms with E-state index in [1.165, 1.54) is 38.5 Å². The van der Waals surface area contributed by atoms with Gasteiger partial charge in [-0.3, -0.25) is 9.13 Å². The fourth-order valence-corrected chi connectivity index (χ4v) is 3.53. The van der Waals surface area contributed by atoms with Crippen LogP contribution in [0.2, 0.25) is 0 Å². The molecule has 0 atom stereocenters. The third-order valence-electron chi connectivity index (χ3n) is 5.01. The van der Waals surface area contributed by atoms with Crippen LogP contribution in [0.15, 0.2) is 54.4 Å². The summed E-state index contributed by atoms with van der Waals surface area (Å²) in [5, 5.41) is 0. The van der Waals surface area contributed by atoms with Gasteiger partial charge < -0.3 is 0 Å². The normalized spacial score (nSPS) is 11.1. The summed E-state index contributed by atoms with van der Waals surface area (Å²) in [7, 11) is 0. The van der Waals surface area contributed by atoms with Gasteiger partial charge in [-0.2, -0.15) is 0 Å². The van der Waals surface area contributed by atoms with E-state index in [1.807, 2.05) is 33.4 Å². The fourth-order valence-electron chi connectivity index (χ4n) is 3.53. The van der Waals surface area contributed by atoms with Crippen LogP contribution in [-0.2, 0) is 13.1 Å². The van der Waals surface area contributed by atoms with E-state index in [2.05, 4.69) is 25.3 Å². The Morgan fingerprint density at radius 1 is 0.692 bits per heavy atom. The van der Waals surface area contributed by atoms with Crippen molar-refractivity contribution in [2.75, 3.05) is 0 Å². The van der Waals surface area contributed by atoms with Crippen LogP contribution in [0.4, 0.5) is 0 Å². The van der Waals surface area contributed by atoms with Gasteiger partial charge in [-0.1, -0.05) is 50.0 Å². The molecular weight excluding hydrogens is 320 g/mol. The highest BCUT2D eigenvalue weighted by Gasteiger charge is 2.12. The Labute approximate surface area is 158 Å². The summed E-state index contributed by atoms with van der Waals surface area (Å²) in [5.41, 5.74) is 2.31. The lowest BCUT2D eigenvalue weighted by molar-refractivity contribution is 0.537. The molecule has 0 bridgehead atoms. The topological polar surface area (TPSA) is 26.9 Å². The number of aromatic nitrogens is 2. The molecule has 0 aliphatic heterocycles. The number of imidazole rings is 1. The van der Waals surface area contributed by atoms with Crippen molar-refractivity contribution in [1.29, 1.82) is 0 Å². The lowest BCUT2D eigenvalue weighted by Crippen LogP contribution is -2.24. The monoisotopic (exact) mass is 354 g/mol. The number of para-hydroxylation sites is 2. The van der Waals surface area contributed by atoms with E-state index in [9.17, 15) is 4.79 Å². The van der Waals surface area contributed by atoms with Crippen LogP contribution in [0.5, 0.6) is 0 Å². The van der Waals surface area contributed by atoms with E-state index in [0.717, 1.165) is 49.8 Å². The van der Waals surface area contributed by atoms with Crippen molar-refractivity contribution in [2.24, 2.45) is 0 Å². The molecule has 0 saturated heterocycles. The predicted octanol–water partition coefficient (Wildman–Crippen LogP) is 6.08. The Balaban J connectivity index is 1.97. The number of unbranched alkanes of at least 4 members (excludes halogenated alkanes) is 8. The highest BCUT2D eigenvalue weighted by molar-refractivity contribution is 5.75. The van der Waals surface area contributed by atoms with Crippen LogP contribution >= 0.6 is 0 Å². The second kappa shape index (κ2) is 11.6. The van der Waals surface area contributed by atoms with Crippen LogP contribution in [0, 0.1) is 0 Å². The first kappa shape index (κ1) is 20.3. The quantitative estimate of drug-likeness (QED) is 0.298. The van der Waals surface area contributed by atoms with Crippen molar-refractivity contribution in [3.8, 4) is 0 Å². The third kappa shape index (κ3) is 5.76. The van der Waals surface area contributed by atoms with Gasteiger partial charge in [-0.25, -0.2) is 4.79 Å². The number of hydrogen-bond acceptors (Lipinski definition) is 1. The van der Waals surface area contributed by atoms with Crippen LogP contribution in [-0.4, -0.2) is 9.13 Å². The molecule has 142 valence electrons. The zero-order chi connectivity index (χ0) is 18.6. The predicted molar refractivity (Wildman–Crippen MR) is 113 cm³/mol. The van der Waals surface area contributed by atoms with Crippen molar-refractivity contribution in [1.82, 2.24) is 9.13 Å². The van der Waals surface area contributed by atoms with Gasteiger partial charge in [0, 0.05) is 13.1 Å². The Morgan fingerprint density at radius 3 is 1.54 bits per heavy atom. The molecule has 0 fully saturated rings. The Bertz CT molecular complexity index is 678. The Hall–Kier alpha value is -2.03. The molecule has 2 rings (SSSR count). The molecule has 0 radical (unpaired) electrons. The molecule has 0 N–H and O–H groups in total. The Morgan fingerprint density at radius 2 is 1.12 bits per heavy atom. The average molecular weight is 355 g/mol. The van der Waals surface area contributed by atoms with E-state index in [-0.39, 0.29) is 5.69 Å². The number of allylic oxidation sites excluding steroid dienone is 2. The standard InChI is InChI=1S/C23H34N2O/c1-3-5-7-9-11-15-19-24-21-17-13-14-18-22(21)25(23(24)26)20-16-12-10-8-6-4-2/h3-4,13-14,17-18H,1-2,5-12,15-16,19-20H2. The maximum absolute atomic E-state index is 12.9. The molecule has 0 aliphatic rings. The zero-order valence-electron chi connectivity index (χ0n) is 16.2. The summed E-state index contributed by atoms with van der Waals surface area (Å²) in [6, 6.07) is 8.22. The van der Waals surface area contributed by atoms with Crippen LogP contribution in [0.3, 0.4) is 0 Å². The molecule has 26 heavy (non-hydrogen) atoms. The Kier molecular flexibility index (Phi) is 9.02. The minimum Gasteiger partial charge on any atom is -0.292 e. The van der Waals surface area contributed by atoms with Gasteiger partial charge in [-0.15, -0.1) is 13.2 Å². The van der Waals surface area contributed by atoms with Crippen LogP contribution in [0.25, 0.3) is 11.0 Å². The molecule has 1 aromatic carbocycles. The van der Waals surface area contributed by atoms with Gasteiger partial charge >= 0.3 is 5.69 Å². The van der Waals surface area contributed by atoms with Crippen molar-refractivity contribution in [2.45, 2.75) is 77.3 Å². The van der Waals surface area contributed by atoms with E-state index in [1.54, 1.807) is 0 Å². The molecular formula is C23H34N2O. The molecule has 0 amide bonds. The van der Waals surface area contributed by atoms with Gasteiger partial charge in [0.25, 0.3) is 0 Å². The molecule has 2 aromatic rings. The van der Waals surface area contributed by atoms with Gasteiger partial charge in [0.05, 0.1) is 11.0 Å². The summed E-state index contributed by atoms with van der Waals surface area (Å²) in [6.45, 7) is 9.17. The van der Waals surface area contributed by atoms with Crippen LogP contribution < -0.4 is 5.69 Å². The lowest BCUT2D eigenvalue weighted by atomic mass is 10.1. The molecule has 0 spiro atoms. The van der Waals surface area contributed by atoms with Crippen molar-refractivity contribution in [3.63, 3.8) is 0 Å². The zero-order valence-corrected chi connectivity index (χ0v) is 16.2. The lowest BCUT2D eigenvalue weighted by Gasteiger charge is -2.04. The van der Waals surface area contributed by atoms with E-state index in [0.29, 0.717) is 0 Å². The molecule has 0 unspecified atom stereocenters. The first-order valence-corrected chi connectivity index (χ1v) is 10.2. The van der Waals surface area contributed by atoms with E-state index in [4.69, 9.17) is 0 Å². The fraction of sp³-hybridized carbons (Fsp3) is 0.522. The number of aryl methyl sites for hydroxylation is 2. The van der Waals surface area contributed by atoms with Gasteiger partial charge in [0.1, 0.15) is 0 Å². The summed E-state index contributed by atoms with van der Waals surface area (Å²) in [6.07, 6.45) is 15.4. The molecule has 3 nitrogen and oxygen atoms in total. The summed E-state index contributed by atoms with van der Waals surface area (Å²) in [5.74, 6) is 0.